The van der Waals surface area contributed by atoms with Crippen LogP contribution in [0.15, 0.2) is 52.4 Å². The first-order valence-corrected chi connectivity index (χ1v) is 8.87. The van der Waals surface area contributed by atoms with Crippen molar-refractivity contribution in [2.45, 2.75) is 24.8 Å². The van der Waals surface area contributed by atoms with Crippen LogP contribution in [0, 0.1) is 19.7 Å². The predicted molar refractivity (Wildman–Crippen MR) is 94.5 cm³/mol. The molecular weight excluding hydrogens is 377 g/mol. The summed E-state index contributed by atoms with van der Waals surface area (Å²) in [7, 11) is 0. The molecule has 0 aliphatic carbocycles. The Bertz CT molecular complexity index is 848. The molecule has 0 spiro atoms. The lowest BCUT2D eigenvalue weighted by Crippen LogP contribution is -1.98. The van der Waals surface area contributed by atoms with Gasteiger partial charge >= 0.3 is 0 Å². The SMILES string of the molecule is Cc1ccc(-n2cnnc2SCc2ccc(F)cc2Br)c(C)c1. The Morgan fingerprint density at radius 3 is 2.74 bits per heavy atom. The average Bonchev–Trinajstić information content (AvgIpc) is 2.94. The first-order chi connectivity index (χ1) is 11.0. The second-order valence-electron chi connectivity index (χ2n) is 5.30. The lowest BCUT2D eigenvalue weighted by molar-refractivity contribution is 0.626. The topological polar surface area (TPSA) is 30.7 Å². The van der Waals surface area contributed by atoms with E-state index in [2.05, 4.69) is 58.2 Å². The molecule has 0 radical (unpaired) electrons. The second kappa shape index (κ2) is 6.84. The van der Waals surface area contributed by atoms with Crippen molar-refractivity contribution < 1.29 is 4.39 Å². The zero-order valence-electron chi connectivity index (χ0n) is 12.8. The Morgan fingerprint density at radius 2 is 2.00 bits per heavy atom. The molecule has 0 N–H and O–H groups in total. The number of hydrogen-bond donors (Lipinski definition) is 0. The fourth-order valence-electron chi connectivity index (χ4n) is 2.34. The minimum Gasteiger partial charge on any atom is -0.276 e. The Morgan fingerprint density at radius 1 is 1.17 bits per heavy atom. The third-order valence-corrected chi connectivity index (χ3v) is 5.23. The zero-order valence-corrected chi connectivity index (χ0v) is 15.2. The van der Waals surface area contributed by atoms with Crippen LogP contribution < -0.4 is 0 Å². The van der Waals surface area contributed by atoms with Crippen molar-refractivity contribution in [2.75, 3.05) is 0 Å². The van der Waals surface area contributed by atoms with E-state index in [0.717, 1.165) is 20.9 Å². The lowest BCUT2D eigenvalue weighted by atomic mass is 10.1. The number of aryl methyl sites for hydroxylation is 2. The molecular formula is C17H15BrFN3S. The first kappa shape index (κ1) is 16.2. The highest BCUT2D eigenvalue weighted by atomic mass is 79.9. The van der Waals surface area contributed by atoms with Gasteiger partial charge in [-0.05, 0) is 43.2 Å². The monoisotopic (exact) mass is 391 g/mol. The first-order valence-electron chi connectivity index (χ1n) is 7.09. The van der Waals surface area contributed by atoms with Crippen LogP contribution in [0.4, 0.5) is 4.39 Å². The van der Waals surface area contributed by atoms with Gasteiger partial charge in [-0.25, -0.2) is 4.39 Å². The fraction of sp³-hybridized carbons (Fsp3) is 0.176. The van der Waals surface area contributed by atoms with Crippen molar-refractivity contribution in [1.82, 2.24) is 14.8 Å². The summed E-state index contributed by atoms with van der Waals surface area (Å²) in [6.07, 6.45) is 1.72. The van der Waals surface area contributed by atoms with E-state index in [1.165, 1.54) is 23.3 Å². The van der Waals surface area contributed by atoms with E-state index < -0.39 is 0 Å². The summed E-state index contributed by atoms with van der Waals surface area (Å²) in [5, 5.41) is 9.05. The van der Waals surface area contributed by atoms with E-state index in [4.69, 9.17) is 0 Å². The number of aromatic nitrogens is 3. The largest absolute Gasteiger partial charge is 0.276 e. The van der Waals surface area contributed by atoms with Gasteiger partial charge < -0.3 is 0 Å². The number of hydrogen-bond acceptors (Lipinski definition) is 3. The van der Waals surface area contributed by atoms with Crippen LogP contribution in [0.2, 0.25) is 0 Å². The maximum absolute atomic E-state index is 13.2. The number of thioether (sulfide) groups is 1. The van der Waals surface area contributed by atoms with Crippen LogP contribution >= 0.6 is 27.7 Å². The summed E-state index contributed by atoms with van der Waals surface area (Å²) >= 11 is 4.97. The van der Waals surface area contributed by atoms with Gasteiger partial charge in [0.05, 0.1) is 5.69 Å². The molecule has 3 rings (SSSR count). The summed E-state index contributed by atoms with van der Waals surface area (Å²) in [6.45, 7) is 4.15. The van der Waals surface area contributed by atoms with Crippen molar-refractivity contribution in [3.63, 3.8) is 0 Å². The maximum atomic E-state index is 13.2. The molecule has 0 saturated heterocycles. The zero-order chi connectivity index (χ0) is 16.4. The van der Waals surface area contributed by atoms with Gasteiger partial charge in [0.1, 0.15) is 12.1 Å². The molecule has 0 atom stereocenters. The number of halogens is 2. The van der Waals surface area contributed by atoms with Crippen LogP contribution in [0.5, 0.6) is 0 Å². The van der Waals surface area contributed by atoms with Crippen LogP contribution in [-0.2, 0) is 5.75 Å². The van der Waals surface area contributed by atoms with Crippen LogP contribution in [0.1, 0.15) is 16.7 Å². The number of rotatable bonds is 4. The highest BCUT2D eigenvalue weighted by Gasteiger charge is 2.11. The van der Waals surface area contributed by atoms with Gasteiger partial charge in [0, 0.05) is 10.2 Å². The summed E-state index contributed by atoms with van der Waals surface area (Å²) in [5.74, 6) is 0.439. The van der Waals surface area contributed by atoms with Gasteiger partial charge in [-0.1, -0.05) is 51.5 Å². The molecule has 1 heterocycles. The maximum Gasteiger partial charge on any atom is 0.195 e. The van der Waals surface area contributed by atoms with Crippen molar-refractivity contribution in [3.05, 3.63) is 69.7 Å². The van der Waals surface area contributed by atoms with E-state index in [9.17, 15) is 4.39 Å². The van der Waals surface area contributed by atoms with Crippen molar-refractivity contribution in [1.29, 1.82) is 0 Å². The van der Waals surface area contributed by atoms with Crippen LogP contribution in [-0.4, -0.2) is 14.8 Å². The average molecular weight is 392 g/mol. The van der Waals surface area contributed by atoms with Crippen molar-refractivity contribution in [2.24, 2.45) is 0 Å². The van der Waals surface area contributed by atoms with E-state index in [0.29, 0.717) is 5.75 Å². The molecule has 118 valence electrons. The molecule has 1 aromatic heterocycles. The summed E-state index contributed by atoms with van der Waals surface area (Å²) in [5.41, 5.74) is 4.49. The highest BCUT2D eigenvalue weighted by Crippen LogP contribution is 2.28. The number of nitrogens with zero attached hydrogens (tertiary/aromatic N) is 3. The minimum atomic E-state index is -0.246. The Labute approximate surface area is 147 Å². The molecule has 23 heavy (non-hydrogen) atoms. The van der Waals surface area contributed by atoms with E-state index >= 15 is 0 Å². The fourth-order valence-corrected chi connectivity index (χ4v) is 3.95. The third-order valence-electron chi connectivity index (χ3n) is 3.50. The molecule has 6 heteroatoms. The third kappa shape index (κ3) is 3.64. The van der Waals surface area contributed by atoms with Gasteiger partial charge in [-0.3, -0.25) is 4.57 Å². The molecule has 0 bridgehead atoms. The summed E-state index contributed by atoms with van der Waals surface area (Å²) in [4.78, 5) is 0. The molecule has 0 unspecified atom stereocenters. The quantitative estimate of drug-likeness (QED) is 0.581. The van der Waals surface area contributed by atoms with Crippen molar-refractivity contribution in [3.8, 4) is 5.69 Å². The Kier molecular flexibility index (Phi) is 4.82. The number of benzene rings is 2. The van der Waals surface area contributed by atoms with Crippen LogP contribution in [0.25, 0.3) is 5.69 Å². The summed E-state index contributed by atoms with van der Waals surface area (Å²) in [6, 6.07) is 11.0. The normalized spacial score (nSPS) is 11.0. The molecule has 0 aliphatic rings. The standard InChI is InChI=1S/C17H15BrFN3S/c1-11-3-6-16(12(2)7-11)22-10-20-21-17(22)23-9-13-4-5-14(19)8-15(13)18/h3-8,10H,9H2,1-2H3. The van der Waals surface area contributed by atoms with E-state index in [1.54, 1.807) is 24.2 Å². The summed E-state index contributed by atoms with van der Waals surface area (Å²) < 4.78 is 15.9. The molecule has 0 aliphatic heterocycles. The van der Waals surface area contributed by atoms with E-state index in [1.807, 2.05) is 4.57 Å². The molecule has 0 saturated carbocycles. The van der Waals surface area contributed by atoms with Gasteiger partial charge in [0.15, 0.2) is 5.16 Å². The van der Waals surface area contributed by atoms with Crippen LogP contribution in [0.3, 0.4) is 0 Å². The highest BCUT2D eigenvalue weighted by molar-refractivity contribution is 9.10. The predicted octanol–water partition coefficient (Wildman–Crippen LogP) is 5.08. The smallest absolute Gasteiger partial charge is 0.195 e. The van der Waals surface area contributed by atoms with Crippen molar-refractivity contribution >= 4 is 27.7 Å². The van der Waals surface area contributed by atoms with Gasteiger partial charge in [0.2, 0.25) is 0 Å². The lowest BCUT2D eigenvalue weighted by Gasteiger charge is -2.10. The Hall–Kier alpha value is -1.66. The van der Waals surface area contributed by atoms with E-state index in [-0.39, 0.29) is 5.82 Å². The Balaban J connectivity index is 1.84. The second-order valence-corrected chi connectivity index (χ2v) is 7.09. The molecule has 0 amide bonds. The van der Waals surface area contributed by atoms with Gasteiger partial charge in [-0.2, -0.15) is 0 Å². The molecule has 2 aromatic carbocycles. The van der Waals surface area contributed by atoms with Gasteiger partial charge in [-0.15, -0.1) is 10.2 Å². The van der Waals surface area contributed by atoms with Gasteiger partial charge in [0.25, 0.3) is 0 Å². The molecule has 0 fully saturated rings. The minimum absolute atomic E-state index is 0.246. The molecule has 3 nitrogen and oxygen atoms in total. The molecule has 3 aromatic rings.